The van der Waals surface area contributed by atoms with E-state index in [0.717, 1.165) is 30.0 Å². The zero-order valence-corrected chi connectivity index (χ0v) is 14.4. The molecule has 1 saturated carbocycles. The SMILES string of the molecule is CC1(C)C(=O)Nc2nccc(C3CC(Nc4ccc(Cl)cn4)C3)c21. The van der Waals surface area contributed by atoms with Crippen LogP contribution in [0.25, 0.3) is 0 Å². The molecule has 0 saturated heterocycles. The summed E-state index contributed by atoms with van der Waals surface area (Å²) in [6.07, 6.45) is 5.48. The molecule has 0 unspecified atom stereocenters. The van der Waals surface area contributed by atoms with Gasteiger partial charge in [0.1, 0.15) is 11.6 Å². The molecule has 0 radical (unpaired) electrons. The molecule has 2 aromatic rings. The lowest BCUT2D eigenvalue weighted by atomic mass is 9.71. The highest BCUT2D eigenvalue weighted by molar-refractivity contribution is 6.30. The fourth-order valence-electron chi connectivity index (χ4n) is 3.61. The monoisotopic (exact) mass is 342 g/mol. The number of nitrogens with zero attached hydrogens (tertiary/aromatic N) is 2. The first-order valence-corrected chi connectivity index (χ1v) is 8.52. The van der Waals surface area contributed by atoms with Crippen molar-refractivity contribution >= 4 is 29.1 Å². The van der Waals surface area contributed by atoms with Gasteiger partial charge in [-0.25, -0.2) is 9.97 Å². The van der Waals surface area contributed by atoms with E-state index in [0.29, 0.717) is 17.0 Å². The van der Waals surface area contributed by atoms with Gasteiger partial charge in [0.05, 0.1) is 10.4 Å². The van der Waals surface area contributed by atoms with Crippen molar-refractivity contribution in [3.05, 3.63) is 46.7 Å². The van der Waals surface area contributed by atoms with E-state index in [-0.39, 0.29) is 5.91 Å². The molecule has 2 N–H and O–H groups in total. The Kier molecular flexibility index (Phi) is 3.49. The lowest BCUT2D eigenvalue weighted by Crippen LogP contribution is -2.36. The number of carbonyl (C=O) groups is 1. The van der Waals surface area contributed by atoms with Crippen LogP contribution in [-0.4, -0.2) is 21.9 Å². The van der Waals surface area contributed by atoms with Crippen molar-refractivity contribution in [3.8, 4) is 0 Å². The van der Waals surface area contributed by atoms with Gasteiger partial charge in [0.2, 0.25) is 5.91 Å². The fourth-order valence-corrected chi connectivity index (χ4v) is 3.72. The van der Waals surface area contributed by atoms with Crippen molar-refractivity contribution in [2.75, 3.05) is 10.6 Å². The maximum absolute atomic E-state index is 12.2. The molecule has 0 bridgehead atoms. The molecule has 3 heterocycles. The smallest absolute Gasteiger partial charge is 0.235 e. The lowest BCUT2D eigenvalue weighted by molar-refractivity contribution is -0.119. The molecular formula is C18H19ClN4O. The minimum atomic E-state index is -0.519. The second-order valence-electron chi connectivity index (χ2n) is 7.07. The number of halogens is 1. The average Bonchev–Trinajstić information content (AvgIpc) is 2.74. The van der Waals surface area contributed by atoms with Crippen molar-refractivity contribution in [1.29, 1.82) is 0 Å². The zero-order chi connectivity index (χ0) is 16.9. The van der Waals surface area contributed by atoms with Crippen LogP contribution in [0.5, 0.6) is 0 Å². The number of carbonyl (C=O) groups excluding carboxylic acids is 1. The molecule has 2 aromatic heterocycles. The van der Waals surface area contributed by atoms with E-state index in [4.69, 9.17) is 11.6 Å². The first-order valence-electron chi connectivity index (χ1n) is 8.14. The second-order valence-corrected chi connectivity index (χ2v) is 7.51. The number of hydrogen-bond donors (Lipinski definition) is 2. The molecule has 0 atom stereocenters. The minimum Gasteiger partial charge on any atom is -0.367 e. The number of aromatic nitrogens is 2. The molecule has 0 spiro atoms. The first kappa shape index (κ1) is 15.4. The fraction of sp³-hybridized carbons (Fsp3) is 0.389. The highest BCUT2D eigenvalue weighted by atomic mass is 35.5. The summed E-state index contributed by atoms with van der Waals surface area (Å²) in [7, 11) is 0. The Balaban J connectivity index is 1.50. The van der Waals surface area contributed by atoms with Gasteiger partial charge in [0.15, 0.2) is 0 Å². The number of pyridine rings is 2. The summed E-state index contributed by atoms with van der Waals surface area (Å²) in [6.45, 7) is 3.93. The van der Waals surface area contributed by atoms with E-state index in [1.165, 1.54) is 5.56 Å². The van der Waals surface area contributed by atoms with E-state index in [1.807, 2.05) is 26.0 Å². The van der Waals surface area contributed by atoms with Gasteiger partial charge in [0, 0.05) is 24.0 Å². The van der Waals surface area contributed by atoms with E-state index in [2.05, 4.69) is 26.7 Å². The third kappa shape index (κ3) is 2.44. The second kappa shape index (κ2) is 5.45. The Bertz CT molecular complexity index is 797. The van der Waals surface area contributed by atoms with Crippen molar-refractivity contribution < 1.29 is 4.79 Å². The molecule has 1 fully saturated rings. The van der Waals surface area contributed by atoms with Gasteiger partial charge in [-0.1, -0.05) is 11.6 Å². The van der Waals surface area contributed by atoms with Gasteiger partial charge in [0.25, 0.3) is 0 Å². The Labute approximate surface area is 145 Å². The summed E-state index contributed by atoms with van der Waals surface area (Å²) in [4.78, 5) is 20.8. The molecule has 1 aliphatic carbocycles. The normalized spacial score (nSPS) is 24.0. The van der Waals surface area contributed by atoms with Crippen molar-refractivity contribution in [2.24, 2.45) is 0 Å². The molecule has 2 aliphatic rings. The summed E-state index contributed by atoms with van der Waals surface area (Å²) in [5.74, 6) is 2.04. The minimum absolute atomic E-state index is 0.0248. The van der Waals surface area contributed by atoms with E-state index < -0.39 is 5.41 Å². The molecule has 1 aliphatic heterocycles. The molecular weight excluding hydrogens is 324 g/mol. The van der Waals surface area contributed by atoms with Gasteiger partial charge in [-0.2, -0.15) is 0 Å². The number of rotatable bonds is 3. The van der Waals surface area contributed by atoms with Crippen molar-refractivity contribution in [3.63, 3.8) is 0 Å². The molecule has 4 rings (SSSR count). The summed E-state index contributed by atoms with van der Waals surface area (Å²) in [6, 6.07) is 6.18. The largest absolute Gasteiger partial charge is 0.367 e. The maximum Gasteiger partial charge on any atom is 0.235 e. The number of hydrogen-bond acceptors (Lipinski definition) is 4. The van der Waals surface area contributed by atoms with Gasteiger partial charge in [-0.15, -0.1) is 0 Å². The molecule has 1 amide bonds. The lowest BCUT2D eigenvalue weighted by Gasteiger charge is -2.38. The van der Waals surface area contributed by atoms with Gasteiger partial charge < -0.3 is 10.6 Å². The van der Waals surface area contributed by atoms with Crippen LogP contribution in [0.15, 0.2) is 30.6 Å². The van der Waals surface area contributed by atoms with Crippen LogP contribution < -0.4 is 10.6 Å². The Morgan fingerprint density at radius 1 is 1.25 bits per heavy atom. The molecule has 124 valence electrons. The van der Waals surface area contributed by atoms with Crippen molar-refractivity contribution in [2.45, 2.75) is 44.1 Å². The van der Waals surface area contributed by atoms with Gasteiger partial charge in [-0.05, 0) is 56.4 Å². The number of amides is 1. The third-order valence-electron chi connectivity index (χ3n) is 5.07. The van der Waals surface area contributed by atoms with Crippen LogP contribution in [0.1, 0.15) is 43.7 Å². The highest BCUT2D eigenvalue weighted by Gasteiger charge is 2.44. The predicted octanol–water partition coefficient (Wildman–Crippen LogP) is 3.72. The van der Waals surface area contributed by atoms with Crippen molar-refractivity contribution in [1.82, 2.24) is 9.97 Å². The molecule has 5 nitrogen and oxygen atoms in total. The number of nitrogens with one attached hydrogen (secondary N) is 2. The standard InChI is InChI=1S/C18H19ClN4O/c1-18(2)15-13(5-6-20-16(15)23-17(18)24)10-7-12(8-10)22-14-4-3-11(19)9-21-14/h3-6,9-10,12H,7-8H2,1-2H3,(H,21,22)(H,20,23,24). The number of fused-ring (bicyclic) bond motifs is 1. The topological polar surface area (TPSA) is 66.9 Å². The first-order chi connectivity index (χ1) is 11.4. The average molecular weight is 343 g/mol. The van der Waals surface area contributed by atoms with E-state index in [1.54, 1.807) is 12.4 Å². The molecule has 0 aromatic carbocycles. The predicted molar refractivity (Wildman–Crippen MR) is 94.5 cm³/mol. The van der Waals surface area contributed by atoms with Crippen LogP contribution >= 0.6 is 11.6 Å². The van der Waals surface area contributed by atoms with E-state index in [9.17, 15) is 4.79 Å². The maximum atomic E-state index is 12.2. The van der Waals surface area contributed by atoms with Gasteiger partial charge in [-0.3, -0.25) is 4.79 Å². The summed E-state index contributed by atoms with van der Waals surface area (Å²) < 4.78 is 0. The van der Waals surface area contributed by atoms with Crippen LogP contribution in [-0.2, 0) is 10.2 Å². The Hall–Kier alpha value is -2.14. The zero-order valence-electron chi connectivity index (χ0n) is 13.6. The van der Waals surface area contributed by atoms with Crippen LogP contribution in [0.4, 0.5) is 11.6 Å². The summed E-state index contributed by atoms with van der Waals surface area (Å²) >= 11 is 5.86. The van der Waals surface area contributed by atoms with Crippen LogP contribution in [0.2, 0.25) is 5.02 Å². The quantitative estimate of drug-likeness (QED) is 0.892. The Morgan fingerprint density at radius 3 is 2.75 bits per heavy atom. The third-order valence-corrected chi connectivity index (χ3v) is 5.29. The highest BCUT2D eigenvalue weighted by Crippen LogP contribution is 2.46. The van der Waals surface area contributed by atoms with Crippen LogP contribution in [0.3, 0.4) is 0 Å². The summed E-state index contributed by atoms with van der Waals surface area (Å²) in [5, 5.41) is 6.97. The number of anilines is 2. The molecule has 24 heavy (non-hydrogen) atoms. The Morgan fingerprint density at radius 2 is 2.04 bits per heavy atom. The summed E-state index contributed by atoms with van der Waals surface area (Å²) in [5.41, 5.74) is 1.78. The van der Waals surface area contributed by atoms with Gasteiger partial charge >= 0.3 is 0 Å². The van der Waals surface area contributed by atoms with Crippen LogP contribution in [0, 0.1) is 0 Å². The molecule has 6 heteroatoms. The van der Waals surface area contributed by atoms with E-state index >= 15 is 0 Å².